The summed E-state index contributed by atoms with van der Waals surface area (Å²) in [7, 11) is -1.36. The number of ether oxygens (including phenoxy) is 2. The molecule has 0 saturated carbocycles. The third-order valence-corrected chi connectivity index (χ3v) is 6.61. The number of thiocarbonyl (C=S) groups is 1. The van der Waals surface area contributed by atoms with Gasteiger partial charge in [-0.25, -0.2) is 8.42 Å². The van der Waals surface area contributed by atoms with Gasteiger partial charge in [-0.05, 0) is 50.2 Å². The average Bonchev–Trinajstić information content (AvgIpc) is 3.22. The number of carbonyl (C=O) groups is 2. The second kappa shape index (κ2) is 11.7. The zero-order valence-corrected chi connectivity index (χ0v) is 23.3. The van der Waals surface area contributed by atoms with Gasteiger partial charge < -0.3 is 33.7 Å². The second-order valence-corrected chi connectivity index (χ2v) is 9.51. The Morgan fingerprint density at radius 2 is 1.97 bits per heavy atom. The van der Waals surface area contributed by atoms with E-state index in [2.05, 4.69) is 0 Å². The zero-order valence-electron chi connectivity index (χ0n) is 19.7. The summed E-state index contributed by atoms with van der Waals surface area (Å²) in [6.07, 6.45) is 3.45. The van der Waals surface area contributed by atoms with E-state index in [1.54, 1.807) is 23.1 Å². The number of anilines is 1. The quantitative estimate of drug-likeness (QED) is 0.107. The molecule has 184 valence electrons. The van der Waals surface area contributed by atoms with Crippen molar-refractivity contribution in [3.05, 3.63) is 41.9 Å². The van der Waals surface area contributed by atoms with Gasteiger partial charge in [-0.1, -0.05) is 0 Å². The van der Waals surface area contributed by atoms with Crippen molar-refractivity contribution < 1.29 is 66.7 Å². The summed E-state index contributed by atoms with van der Waals surface area (Å²) >= 11 is 5.22. The van der Waals surface area contributed by atoms with Crippen LogP contribution < -0.4 is 49.0 Å². The molecular formula is C21H23N3NaO8S2-. The molecule has 1 atom stereocenters. The predicted octanol–water partition coefficient (Wildman–Crippen LogP) is -2.85. The largest absolute Gasteiger partial charge is 1.00 e. The number of fused-ring (bicyclic) bond motifs is 1. The number of carboxylic acid groups (broad SMARTS) is 1. The van der Waals surface area contributed by atoms with E-state index in [9.17, 15) is 27.7 Å². The second-order valence-electron chi connectivity index (χ2n) is 7.62. The van der Waals surface area contributed by atoms with Gasteiger partial charge in [0.25, 0.3) is 5.91 Å². The number of carbonyl (C=O) groups excluding carboxylic acids is 2. The fraction of sp³-hybridized carbons (Fsp3) is 0.381. The number of hydrogen-bond acceptors (Lipinski definition) is 10. The van der Waals surface area contributed by atoms with Crippen LogP contribution in [0.5, 0.6) is 11.5 Å². The summed E-state index contributed by atoms with van der Waals surface area (Å²) in [6, 6.07) is 3.99. The van der Waals surface area contributed by atoms with Crippen molar-refractivity contribution >= 4 is 45.0 Å². The monoisotopic (exact) mass is 532 g/mol. The summed E-state index contributed by atoms with van der Waals surface area (Å²) in [4.78, 5) is 28.2. The fourth-order valence-corrected chi connectivity index (χ4v) is 4.42. The summed E-state index contributed by atoms with van der Waals surface area (Å²) in [5.74, 6) is -1.01. The number of carboxylic acids is 1. The minimum Gasteiger partial charge on any atom is -0.748 e. The van der Waals surface area contributed by atoms with Crippen molar-refractivity contribution in [2.24, 2.45) is 0 Å². The van der Waals surface area contributed by atoms with Gasteiger partial charge in [0, 0.05) is 31.5 Å². The van der Waals surface area contributed by atoms with E-state index < -0.39 is 33.8 Å². The Morgan fingerprint density at radius 3 is 2.57 bits per heavy atom. The van der Waals surface area contributed by atoms with Crippen LogP contribution in [0, 0.1) is 0 Å². The first-order chi connectivity index (χ1) is 15.9. The number of benzene rings is 1. The van der Waals surface area contributed by atoms with Crippen LogP contribution in [0.4, 0.5) is 5.69 Å². The van der Waals surface area contributed by atoms with E-state index in [1.807, 2.05) is 0 Å². The van der Waals surface area contributed by atoms with Gasteiger partial charge in [0.1, 0.15) is 11.4 Å². The standard InChI is InChI=1S/C21H25N3O8S2.Na/c1-13(20(26)27)24-16(19(25)22(2)21(24)33)8-9-18-23(10-4-5-11-34(28,29)30)15-7-6-14(31-3)12-17(15)32-18;/h6-9,12-13H,4-5,10-11H2,1-3H3,(H,26,27)(H,28,29,30);/q;+1/p-2/b16-8-,18-9+;. The third kappa shape index (κ3) is 6.54. The van der Waals surface area contributed by atoms with Gasteiger partial charge in [0.05, 0.1) is 34.9 Å². The van der Waals surface area contributed by atoms with Gasteiger partial charge in [0.2, 0.25) is 5.88 Å². The normalized spacial score (nSPS) is 18.6. The van der Waals surface area contributed by atoms with E-state index in [0.29, 0.717) is 36.0 Å². The molecule has 0 aliphatic carbocycles. The molecule has 11 nitrogen and oxygen atoms in total. The van der Waals surface area contributed by atoms with Crippen molar-refractivity contribution in [2.45, 2.75) is 25.8 Å². The third-order valence-electron chi connectivity index (χ3n) is 5.35. The average molecular weight is 533 g/mol. The minimum absolute atomic E-state index is 0. The van der Waals surface area contributed by atoms with Crippen LogP contribution in [-0.2, 0) is 19.7 Å². The van der Waals surface area contributed by atoms with E-state index in [1.165, 1.54) is 38.1 Å². The van der Waals surface area contributed by atoms with Crippen LogP contribution in [0.15, 0.2) is 41.9 Å². The smallest absolute Gasteiger partial charge is 0.748 e. The Kier molecular flexibility index (Phi) is 9.73. The molecular weight excluding hydrogens is 509 g/mol. The minimum atomic E-state index is -4.32. The van der Waals surface area contributed by atoms with Crippen LogP contribution in [-0.4, -0.2) is 72.3 Å². The van der Waals surface area contributed by atoms with E-state index >= 15 is 0 Å². The van der Waals surface area contributed by atoms with Crippen LogP contribution in [0.2, 0.25) is 0 Å². The van der Waals surface area contributed by atoms with E-state index in [4.69, 9.17) is 21.7 Å². The molecule has 1 unspecified atom stereocenters. The number of amides is 1. The van der Waals surface area contributed by atoms with Crippen molar-refractivity contribution in [2.75, 3.05) is 31.4 Å². The first-order valence-electron chi connectivity index (χ1n) is 10.3. The summed E-state index contributed by atoms with van der Waals surface area (Å²) < 4.78 is 43.9. The first kappa shape index (κ1) is 29.1. The van der Waals surface area contributed by atoms with Crippen LogP contribution in [0.25, 0.3) is 0 Å². The van der Waals surface area contributed by atoms with Gasteiger partial charge in [-0.15, -0.1) is 0 Å². The molecule has 1 aromatic carbocycles. The Morgan fingerprint density at radius 1 is 1.29 bits per heavy atom. The number of allylic oxidation sites excluding steroid dienone is 2. The maximum atomic E-state index is 12.7. The maximum absolute atomic E-state index is 12.7. The molecule has 3 rings (SSSR count). The molecule has 0 N–H and O–H groups in total. The number of unbranched alkanes of at least 4 members (excludes halogenated alkanes) is 1. The first-order valence-corrected chi connectivity index (χ1v) is 12.2. The van der Waals surface area contributed by atoms with Crippen molar-refractivity contribution in [3.63, 3.8) is 0 Å². The zero-order chi connectivity index (χ0) is 25.2. The SMILES string of the molecule is COc1ccc2c(c1)O/C(=C/C=C1/C(=O)N(C)C(=S)N1C(C)C(=O)[O-])N2CCCCS(=O)(=O)[O-].[Na+]. The Hall–Kier alpha value is -2.16. The molecule has 2 aliphatic rings. The molecule has 0 radical (unpaired) electrons. The van der Waals surface area contributed by atoms with Gasteiger partial charge in [-0.3, -0.25) is 9.69 Å². The molecule has 1 fully saturated rings. The number of rotatable bonds is 9. The van der Waals surface area contributed by atoms with Crippen LogP contribution >= 0.6 is 12.2 Å². The number of aliphatic carboxylic acids is 1. The number of methoxy groups -OCH3 is 1. The summed E-state index contributed by atoms with van der Waals surface area (Å²) in [5, 5.41) is 11.5. The van der Waals surface area contributed by atoms with Gasteiger partial charge in [-0.2, -0.15) is 0 Å². The van der Waals surface area contributed by atoms with Crippen molar-refractivity contribution in [3.8, 4) is 11.5 Å². The predicted molar refractivity (Wildman–Crippen MR) is 123 cm³/mol. The molecule has 1 aromatic rings. The molecule has 2 aliphatic heterocycles. The maximum Gasteiger partial charge on any atom is 1.00 e. The fourth-order valence-electron chi connectivity index (χ4n) is 3.52. The Labute approximate surface area is 231 Å². The molecule has 0 spiro atoms. The van der Waals surface area contributed by atoms with Gasteiger partial charge in [0.15, 0.2) is 10.9 Å². The molecule has 0 aromatic heterocycles. The van der Waals surface area contributed by atoms with E-state index in [0.717, 1.165) is 4.90 Å². The van der Waals surface area contributed by atoms with Crippen molar-refractivity contribution in [1.82, 2.24) is 9.80 Å². The Bertz CT molecular complexity index is 1190. The number of hydrogen-bond donors (Lipinski definition) is 0. The number of nitrogens with zero attached hydrogens (tertiary/aromatic N) is 3. The molecule has 14 heteroatoms. The molecule has 1 amide bonds. The van der Waals surface area contributed by atoms with Gasteiger partial charge >= 0.3 is 29.6 Å². The molecule has 35 heavy (non-hydrogen) atoms. The van der Waals surface area contributed by atoms with Crippen LogP contribution in [0.3, 0.4) is 0 Å². The van der Waals surface area contributed by atoms with Crippen LogP contribution in [0.1, 0.15) is 19.8 Å². The Balaban J connectivity index is 0.00000432. The van der Waals surface area contributed by atoms with E-state index in [-0.39, 0.29) is 46.8 Å². The molecule has 0 bridgehead atoms. The summed E-state index contributed by atoms with van der Waals surface area (Å²) in [5.41, 5.74) is 0.715. The summed E-state index contributed by atoms with van der Waals surface area (Å²) in [6.45, 7) is 1.69. The van der Waals surface area contributed by atoms with Crippen molar-refractivity contribution in [1.29, 1.82) is 0 Å². The topological polar surface area (TPSA) is 143 Å². The molecule has 1 saturated heterocycles. The molecule has 2 heterocycles. The number of likely N-dealkylation sites (N-methyl/N-ethyl adjacent to an activating group) is 1.